The molecular weight excluding hydrogens is 332 g/mol. The van der Waals surface area contributed by atoms with E-state index in [2.05, 4.69) is 51.2 Å². The Morgan fingerprint density at radius 1 is 1.48 bits per heavy atom. The lowest BCUT2D eigenvalue weighted by atomic mass is 10.0. The van der Waals surface area contributed by atoms with Crippen LogP contribution in [0.4, 0.5) is 0 Å². The molecule has 0 aliphatic carbocycles. The minimum absolute atomic E-state index is 0.00457. The molecule has 0 saturated heterocycles. The zero-order valence-electron chi connectivity index (χ0n) is 12.6. The molecule has 2 rings (SSSR count). The highest BCUT2D eigenvalue weighted by Gasteiger charge is 2.23. The van der Waals surface area contributed by atoms with Gasteiger partial charge in [-0.05, 0) is 41.0 Å². The average molecular weight is 353 g/mol. The number of pyridine rings is 1. The van der Waals surface area contributed by atoms with E-state index in [0.29, 0.717) is 13.2 Å². The van der Waals surface area contributed by atoms with Crippen LogP contribution in [0.3, 0.4) is 0 Å². The van der Waals surface area contributed by atoms with E-state index in [0.717, 1.165) is 28.0 Å². The van der Waals surface area contributed by atoms with Gasteiger partial charge in [0.2, 0.25) is 0 Å². The molecule has 1 atom stereocenters. The van der Waals surface area contributed by atoms with Crippen LogP contribution in [0.2, 0.25) is 0 Å². The fourth-order valence-corrected chi connectivity index (χ4v) is 2.87. The van der Waals surface area contributed by atoms with Crippen molar-refractivity contribution in [2.24, 2.45) is 0 Å². The summed E-state index contributed by atoms with van der Waals surface area (Å²) in [6.45, 7) is 6.36. The van der Waals surface area contributed by atoms with Crippen molar-refractivity contribution in [3.8, 4) is 0 Å². The molecule has 0 amide bonds. The Bertz CT molecular complexity index is 585. The van der Waals surface area contributed by atoms with E-state index in [1.807, 2.05) is 23.1 Å². The number of ether oxygens (including phenoxy) is 1. The molecule has 0 aliphatic heterocycles. The lowest BCUT2D eigenvalue weighted by Crippen LogP contribution is -2.27. The monoisotopic (exact) mass is 352 g/mol. The van der Waals surface area contributed by atoms with Gasteiger partial charge in [0.05, 0.1) is 41.3 Å². The van der Waals surface area contributed by atoms with Gasteiger partial charge in [0.15, 0.2) is 0 Å². The van der Waals surface area contributed by atoms with Gasteiger partial charge in [-0.25, -0.2) is 0 Å². The Morgan fingerprint density at radius 2 is 2.29 bits per heavy atom. The first-order valence-electron chi connectivity index (χ1n) is 7.04. The van der Waals surface area contributed by atoms with Gasteiger partial charge in [-0.1, -0.05) is 13.0 Å². The van der Waals surface area contributed by atoms with Crippen LogP contribution in [0.1, 0.15) is 29.9 Å². The van der Waals surface area contributed by atoms with Crippen molar-refractivity contribution in [2.75, 3.05) is 20.3 Å². The molecule has 5 nitrogen and oxygen atoms in total. The van der Waals surface area contributed by atoms with Crippen LogP contribution in [-0.4, -0.2) is 35.0 Å². The molecule has 2 aromatic rings. The van der Waals surface area contributed by atoms with E-state index in [9.17, 15) is 0 Å². The summed E-state index contributed by atoms with van der Waals surface area (Å²) < 4.78 is 8.12. The van der Waals surface area contributed by atoms with Crippen LogP contribution < -0.4 is 5.32 Å². The summed E-state index contributed by atoms with van der Waals surface area (Å²) in [5, 5.41) is 7.94. The minimum atomic E-state index is 0.00457. The smallest absolute Gasteiger partial charge is 0.0936 e. The van der Waals surface area contributed by atoms with Gasteiger partial charge in [0.25, 0.3) is 0 Å². The fourth-order valence-electron chi connectivity index (χ4n) is 2.34. The minimum Gasteiger partial charge on any atom is -0.383 e. The molecule has 1 unspecified atom stereocenters. The van der Waals surface area contributed by atoms with E-state index < -0.39 is 0 Å². The molecule has 0 saturated carbocycles. The fraction of sp³-hybridized carbons (Fsp3) is 0.467. The number of nitrogens with zero attached hydrogens (tertiary/aromatic N) is 3. The van der Waals surface area contributed by atoms with Crippen molar-refractivity contribution < 1.29 is 4.74 Å². The summed E-state index contributed by atoms with van der Waals surface area (Å²) in [7, 11) is 1.70. The van der Waals surface area contributed by atoms with Crippen molar-refractivity contribution in [1.29, 1.82) is 0 Å². The summed E-state index contributed by atoms with van der Waals surface area (Å²) >= 11 is 3.61. The first kappa shape index (κ1) is 16.1. The predicted molar refractivity (Wildman–Crippen MR) is 86.3 cm³/mol. The van der Waals surface area contributed by atoms with Gasteiger partial charge in [0, 0.05) is 13.3 Å². The topological polar surface area (TPSA) is 52.0 Å². The third kappa shape index (κ3) is 3.70. The number of nitrogens with one attached hydrogen (secondary N) is 1. The van der Waals surface area contributed by atoms with Gasteiger partial charge in [-0.15, -0.1) is 0 Å². The number of aryl methyl sites for hydroxylation is 1. The second kappa shape index (κ2) is 7.68. The van der Waals surface area contributed by atoms with Gasteiger partial charge >= 0.3 is 0 Å². The Labute approximate surface area is 133 Å². The quantitative estimate of drug-likeness (QED) is 0.832. The largest absolute Gasteiger partial charge is 0.383 e. The van der Waals surface area contributed by atoms with E-state index in [-0.39, 0.29) is 6.04 Å². The first-order valence-corrected chi connectivity index (χ1v) is 7.83. The molecule has 114 valence electrons. The number of hydrogen-bond donors (Lipinski definition) is 1. The lowest BCUT2D eigenvalue weighted by Gasteiger charge is -2.21. The van der Waals surface area contributed by atoms with Crippen LogP contribution in [0, 0.1) is 6.92 Å². The van der Waals surface area contributed by atoms with Gasteiger partial charge in [-0.3, -0.25) is 9.67 Å². The van der Waals surface area contributed by atoms with Gasteiger partial charge < -0.3 is 10.1 Å². The molecule has 2 heterocycles. The summed E-state index contributed by atoms with van der Waals surface area (Å²) in [4.78, 5) is 4.56. The van der Waals surface area contributed by atoms with Crippen LogP contribution in [0.5, 0.6) is 0 Å². The predicted octanol–water partition coefficient (Wildman–Crippen LogP) is 2.69. The molecule has 0 fully saturated rings. The van der Waals surface area contributed by atoms with Crippen molar-refractivity contribution in [3.05, 3.63) is 46.0 Å². The lowest BCUT2D eigenvalue weighted by molar-refractivity contribution is 0.182. The molecule has 0 aromatic carbocycles. The Kier molecular flexibility index (Phi) is 5.90. The molecule has 0 bridgehead atoms. The molecule has 6 heteroatoms. The second-order valence-corrected chi connectivity index (χ2v) is 5.64. The summed E-state index contributed by atoms with van der Waals surface area (Å²) in [6, 6.07) is 4.04. The van der Waals surface area contributed by atoms with Crippen LogP contribution in [-0.2, 0) is 11.3 Å². The maximum absolute atomic E-state index is 5.17. The Hall–Kier alpha value is -1.24. The number of aromatic nitrogens is 3. The van der Waals surface area contributed by atoms with Crippen molar-refractivity contribution in [3.63, 3.8) is 0 Å². The molecule has 2 aromatic heterocycles. The average Bonchev–Trinajstić information content (AvgIpc) is 2.84. The zero-order valence-corrected chi connectivity index (χ0v) is 14.2. The highest BCUT2D eigenvalue weighted by atomic mass is 79.9. The molecule has 0 spiro atoms. The maximum atomic E-state index is 5.17. The van der Waals surface area contributed by atoms with Gasteiger partial charge in [0.1, 0.15) is 0 Å². The van der Waals surface area contributed by atoms with Crippen molar-refractivity contribution >= 4 is 15.9 Å². The number of methoxy groups -OCH3 is 1. The third-order valence-electron chi connectivity index (χ3n) is 3.35. The summed E-state index contributed by atoms with van der Waals surface area (Å²) in [5.74, 6) is 0. The van der Waals surface area contributed by atoms with E-state index in [4.69, 9.17) is 4.74 Å². The second-order valence-electron chi connectivity index (χ2n) is 4.79. The van der Waals surface area contributed by atoms with Crippen molar-refractivity contribution in [1.82, 2.24) is 20.1 Å². The van der Waals surface area contributed by atoms with Crippen LogP contribution in [0.25, 0.3) is 0 Å². The first-order chi connectivity index (χ1) is 10.2. The van der Waals surface area contributed by atoms with E-state index in [1.165, 1.54) is 0 Å². The van der Waals surface area contributed by atoms with Crippen LogP contribution in [0.15, 0.2) is 29.0 Å². The van der Waals surface area contributed by atoms with E-state index >= 15 is 0 Å². The zero-order chi connectivity index (χ0) is 15.2. The number of hydrogen-bond acceptors (Lipinski definition) is 4. The van der Waals surface area contributed by atoms with Crippen molar-refractivity contribution in [2.45, 2.75) is 26.4 Å². The maximum Gasteiger partial charge on any atom is 0.0936 e. The normalized spacial score (nSPS) is 12.6. The molecule has 21 heavy (non-hydrogen) atoms. The van der Waals surface area contributed by atoms with E-state index in [1.54, 1.807) is 7.11 Å². The van der Waals surface area contributed by atoms with Crippen LogP contribution >= 0.6 is 15.9 Å². The third-order valence-corrected chi connectivity index (χ3v) is 3.96. The summed E-state index contributed by atoms with van der Waals surface area (Å²) in [6.07, 6.45) is 3.66. The standard InChI is InChI=1S/C15H21BrN4O/c1-4-17-14(13-11(2)6-5-7-18-13)15-12(16)10-19-20(15)8-9-21-3/h5-7,10,14,17H,4,8-9H2,1-3H3. The number of halogens is 1. The highest BCUT2D eigenvalue weighted by Crippen LogP contribution is 2.29. The molecule has 0 radical (unpaired) electrons. The molecule has 0 aliphatic rings. The molecular formula is C15H21BrN4O. The Morgan fingerprint density at radius 3 is 2.95 bits per heavy atom. The van der Waals surface area contributed by atoms with Gasteiger partial charge in [-0.2, -0.15) is 5.10 Å². The molecule has 1 N–H and O–H groups in total. The highest BCUT2D eigenvalue weighted by molar-refractivity contribution is 9.10. The Balaban J connectivity index is 2.43. The number of rotatable bonds is 7. The SMILES string of the molecule is CCNC(c1ncccc1C)c1c(Br)cnn1CCOC. The summed E-state index contributed by atoms with van der Waals surface area (Å²) in [5.41, 5.74) is 3.27.